The van der Waals surface area contributed by atoms with Gasteiger partial charge in [-0.25, -0.2) is 9.36 Å². The third kappa shape index (κ3) is 3.38. The summed E-state index contributed by atoms with van der Waals surface area (Å²) in [6.07, 6.45) is 4.82. The summed E-state index contributed by atoms with van der Waals surface area (Å²) in [6.45, 7) is 7.54. The lowest BCUT2D eigenvalue weighted by molar-refractivity contribution is 0.309. The van der Waals surface area contributed by atoms with Gasteiger partial charge in [-0.3, -0.25) is 9.78 Å². The number of rotatable bonds is 5. The number of allylic oxidation sites excluding steroid dienone is 3. The van der Waals surface area contributed by atoms with E-state index in [1.807, 2.05) is 24.3 Å². The number of methoxy groups -OCH3 is 1. The van der Waals surface area contributed by atoms with Crippen LogP contribution in [0.1, 0.15) is 4.88 Å². The first kappa shape index (κ1) is 19.9. The van der Waals surface area contributed by atoms with Gasteiger partial charge in [0.05, 0.1) is 24.5 Å². The van der Waals surface area contributed by atoms with E-state index in [2.05, 4.69) is 23.1 Å². The number of H-pyrrole nitrogens is 1. The number of nitrogens with one attached hydrogen (secondary N) is 1. The molecule has 6 nitrogen and oxygen atoms in total. The molecule has 0 atom stereocenters. The Morgan fingerprint density at radius 3 is 2.77 bits per heavy atom. The number of hydrogen-bond donors (Lipinski definition) is 1. The second kappa shape index (κ2) is 7.78. The fourth-order valence-electron chi connectivity index (χ4n) is 3.14. The molecule has 3 heterocycles. The largest absolute Gasteiger partial charge is 0.497 e. The Morgan fingerprint density at radius 1 is 1.27 bits per heavy atom. The lowest BCUT2D eigenvalue weighted by atomic mass is 10.1. The summed E-state index contributed by atoms with van der Waals surface area (Å²) in [5.74, 6) is 0.386. The highest BCUT2D eigenvalue weighted by molar-refractivity contribution is 7.20. The highest BCUT2D eigenvalue weighted by atomic mass is 35.5. The molecule has 150 valence electrons. The minimum atomic E-state index is -0.550. The number of fused-ring (bicyclic) bond motifs is 2. The molecule has 4 aromatic rings. The minimum Gasteiger partial charge on any atom is -0.497 e. The van der Waals surface area contributed by atoms with Crippen molar-refractivity contribution in [3.05, 3.63) is 98.5 Å². The molecule has 1 N–H and O–H groups in total. The molecule has 0 aliphatic rings. The van der Waals surface area contributed by atoms with Crippen LogP contribution in [0, 0.1) is 0 Å². The Hall–Kier alpha value is -3.42. The van der Waals surface area contributed by atoms with E-state index >= 15 is 0 Å². The SMILES string of the molecule is C=C(/C=C(\C(=C)Cl)c1cc2[nH]c(=O)n(-c3cncc4ccccc34)c(=O)c2s1)OC. The first-order chi connectivity index (χ1) is 14.4. The quantitative estimate of drug-likeness (QED) is 0.366. The molecule has 0 saturated carbocycles. The Bertz CT molecular complexity index is 1470. The van der Waals surface area contributed by atoms with Gasteiger partial charge in [0.15, 0.2) is 0 Å². The maximum atomic E-state index is 13.3. The van der Waals surface area contributed by atoms with Crippen LogP contribution < -0.4 is 11.2 Å². The minimum absolute atomic E-state index is 0.265. The molecular weight excluding hydrogens is 422 g/mol. The molecule has 0 spiro atoms. The van der Waals surface area contributed by atoms with Gasteiger partial charge in [0.2, 0.25) is 0 Å². The molecule has 1 aromatic carbocycles. The van der Waals surface area contributed by atoms with Crippen molar-refractivity contribution in [1.82, 2.24) is 14.5 Å². The average molecular weight is 438 g/mol. The van der Waals surface area contributed by atoms with Crippen LogP contribution >= 0.6 is 22.9 Å². The van der Waals surface area contributed by atoms with Gasteiger partial charge in [0, 0.05) is 32.5 Å². The molecule has 0 bridgehead atoms. The highest BCUT2D eigenvalue weighted by Gasteiger charge is 2.17. The summed E-state index contributed by atoms with van der Waals surface area (Å²) in [5, 5.41) is 1.85. The highest BCUT2D eigenvalue weighted by Crippen LogP contribution is 2.33. The van der Waals surface area contributed by atoms with Crippen LogP contribution in [0.4, 0.5) is 0 Å². The molecule has 0 amide bonds. The van der Waals surface area contributed by atoms with Crippen LogP contribution in [-0.2, 0) is 4.74 Å². The van der Waals surface area contributed by atoms with Crippen molar-refractivity contribution in [3.8, 4) is 5.69 Å². The molecule has 0 fully saturated rings. The van der Waals surface area contributed by atoms with Crippen LogP contribution in [0.25, 0.3) is 32.2 Å². The van der Waals surface area contributed by atoms with Crippen molar-refractivity contribution < 1.29 is 4.74 Å². The van der Waals surface area contributed by atoms with Crippen LogP contribution in [0.3, 0.4) is 0 Å². The Labute approximate surface area is 180 Å². The zero-order chi connectivity index (χ0) is 21.4. The van der Waals surface area contributed by atoms with Crippen LogP contribution in [0.5, 0.6) is 0 Å². The number of benzene rings is 1. The summed E-state index contributed by atoms with van der Waals surface area (Å²) in [6, 6.07) is 9.13. The van der Waals surface area contributed by atoms with Gasteiger partial charge in [-0.1, -0.05) is 49.0 Å². The summed E-state index contributed by atoms with van der Waals surface area (Å²) in [5.41, 5.74) is 0.408. The Morgan fingerprint density at radius 2 is 2.03 bits per heavy atom. The van der Waals surface area contributed by atoms with E-state index in [9.17, 15) is 9.59 Å². The maximum absolute atomic E-state index is 13.3. The zero-order valence-electron chi connectivity index (χ0n) is 15.9. The standard InChI is InChI=1S/C22H16ClN3O3S/c1-12(29-3)8-16(13(2)23)19-9-17-20(30-19)21(27)26(22(28)25-17)18-11-24-10-14-6-4-5-7-15(14)18/h4-11H,1-2H2,3H3,(H,25,28)/b16-8+. The van der Waals surface area contributed by atoms with E-state index in [0.717, 1.165) is 15.3 Å². The van der Waals surface area contributed by atoms with E-state index in [1.54, 1.807) is 18.3 Å². The molecule has 0 aliphatic carbocycles. The zero-order valence-corrected chi connectivity index (χ0v) is 17.5. The smallest absolute Gasteiger partial charge is 0.333 e. The Balaban J connectivity index is 1.98. The monoisotopic (exact) mass is 437 g/mol. The van der Waals surface area contributed by atoms with Crippen molar-refractivity contribution in [3.63, 3.8) is 0 Å². The molecule has 0 saturated heterocycles. The molecule has 0 unspecified atom stereocenters. The number of ether oxygens (including phenoxy) is 1. The Kier molecular flexibility index (Phi) is 5.15. The van der Waals surface area contributed by atoms with Gasteiger partial charge in [-0.15, -0.1) is 11.3 Å². The summed E-state index contributed by atoms with van der Waals surface area (Å²) >= 11 is 7.36. The lowest BCUT2D eigenvalue weighted by Gasteiger charge is -2.07. The predicted octanol–water partition coefficient (Wildman–Crippen LogP) is 4.58. The third-order valence-electron chi connectivity index (χ3n) is 4.59. The summed E-state index contributed by atoms with van der Waals surface area (Å²) in [4.78, 5) is 33.7. The van der Waals surface area contributed by atoms with E-state index in [1.165, 1.54) is 24.6 Å². The molecular formula is C22H16ClN3O3S. The second-order valence-corrected chi connectivity index (χ2v) is 7.95. The van der Waals surface area contributed by atoms with Crippen molar-refractivity contribution in [2.45, 2.75) is 0 Å². The van der Waals surface area contributed by atoms with Crippen molar-refractivity contribution >= 4 is 49.5 Å². The van der Waals surface area contributed by atoms with E-state index in [0.29, 0.717) is 32.1 Å². The third-order valence-corrected chi connectivity index (χ3v) is 5.95. The lowest BCUT2D eigenvalue weighted by Crippen LogP contribution is -2.33. The number of thiophene rings is 1. The van der Waals surface area contributed by atoms with Gasteiger partial charge in [-0.2, -0.15) is 0 Å². The van der Waals surface area contributed by atoms with E-state index in [-0.39, 0.29) is 5.03 Å². The number of aromatic amines is 1. The normalized spacial score (nSPS) is 11.7. The topological polar surface area (TPSA) is 77.0 Å². The van der Waals surface area contributed by atoms with Crippen molar-refractivity contribution in [1.29, 1.82) is 0 Å². The number of nitrogens with zero attached hydrogens (tertiary/aromatic N) is 2. The van der Waals surface area contributed by atoms with E-state index in [4.69, 9.17) is 16.3 Å². The first-order valence-electron chi connectivity index (χ1n) is 8.82. The molecule has 30 heavy (non-hydrogen) atoms. The summed E-state index contributed by atoms with van der Waals surface area (Å²) in [7, 11) is 1.49. The number of halogens is 1. The maximum Gasteiger partial charge on any atom is 0.333 e. The number of aromatic nitrogens is 3. The van der Waals surface area contributed by atoms with Gasteiger partial charge < -0.3 is 9.72 Å². The fraction of sp³-hybridized carbons (Fsp3) is 0.0455. The van der Waals surface area contributed by atoms with E-state index < -0.39 is 11.2 Å². The second-order valence-electron chi connectivity index (χ2n) is 6.44. The van der Waals surface area contributed by atoms with Crippen molar-refractivity contribution in [2.75, 3.05) is 7.11 Å². The molecule has 0 radical (unpaired) electrons. The average Bonchev–Trinajstić information content (AvgIpc) is 3.15. The first-order valence-corrected chi connectivity index (χ1v) is 10.0. The number of pyridine rings is 1. The fourth-order valence-corrected chi connectivity index (χ4v) is 4.44. The molecule has 4 rings (SSSR count). The van der Waals surface area contributed by atoms with Crippen LogP contribution in [-0.4, -0.2) is 21.6 Å². The van der Waals surface area contributed by atoms with Crippen molar-refractivity contribution in [2.24, 2.45) is 0 Å². The molecule has 3 aromatic heterocycles. The van der Waals surface area contributed by atoms with Gasteiger partial charge >= 0.3 is 5.69 Å². The van der Waals surface area contributed by atoms with Crippen LogP contribution in [0.15, 0.2) is 82.3 Å². The molecule has 0 aliphatic heterocycles. The van der Waals surface area contributed by atoms with Gasteiger partial charge in [0.1, 0.15) is 10.5 Å². The number of hydrogen-bond acceptors (Lipinski definition) is 5. The van der Waals surface area contributed by atoms with Gasteiger partial charge in [-0.05, 0) is 12.1 Å². The van der Waals surface area contributed by atoms with Crippen LogP contribution in [0.2, 0.25) is 0 Å². The molecule has 8 heteroatoms. The van der Waals surface area contributed by atoms with Gasteiger partial charge in [0.25, 0.3) is 5.56 Å². The summed E-state index contributed by atoms with van der Waals surface area (Å²) < 4.78 is 6.57. The predicted molar refractivity (Wildman–Crippen MR) is 122 cm³/mol.